The largest absolute Gasteiger partial charge is 0.416 e. The number of hydrogen-bond acceptors (Lipinski definition) is 2. The van der Waals surface area contributed by atoms with Crippen LogP contribution in [0, 0.1) is 0 Å². The van der Waals surface area contributed by atoms with Gasteiger partial charge in [-0.2, -0.15) is 28.6 Å². The van der Waals surface area contributed by atoms with Crippen LogP contribution in [-0.4, -0.2) is 15.4 Å². The fourth-order valence-electron chi connectivity index (χ4n) is 1.26. The smallest absolute Gasteiger partial charge is 0.197 e. The molecule has 0 aliphatic heterocycles. The molecule has 1 aromatic heterocycles. The van der Waals surface area contributed by atoms with Crippen molar-refractivity contribution in [1.29, 1.82) is 0 Å². The number of halogens is 3. The van der Waals surface area contributed by atoms with Crippen LogP contribution in [0.3, 0.4) is 0 Å². The highest BCUT2D eigenvalue weighted by molar-refractivity contribution is 5.67. The van der Waals surface area contributed by atoms with E-state index in [2.05, 4.69) is 15.4 Å². The summed E-state index contributed by atoms with van der Waals surface area (Å²) in [5.74, 6) is 0. The van der Waals surface area contributed by atoms with Gasteiger partial charge in [0.25, 0.3) is 0 Å². The Morgan fingerprint density at radius 3 is 2.29 bits per heavy atom. The van der Waals surface area contributed by atoms with Crippen molar-refractivity contribution in [3.05, 3.63) is 47.3 Å². The number of benzene rings is 1. The number of nitrogens with one attached hydrogen (secondary N) is 1. The van der Waals surface area contributed by atoms with Gasteiger partial charge in [-0.05, 0) is 23.8 Å². The summed E-state index contributed by atoms with van der Waals surface area (Å²) >= 11 is 0. The minimum Gasteiger partial charge on any atom is -0.197 e. The van der Waals surface area contributed by atoms with Gasteiger partial charge in [-0.1, -0.05) is 18.2 Å². The second-order valence-electron chi connectivity index (χ2n) is 3.35. The highest BCUT2D eigenvalue weighted by atomic mass is 19.4. The highest BCUT2D eigenvalue weighted by Crippen LogP contribution is 2.29. The van der Waals surface area contributed by atoms with Crippen LogP contribution in [0.15, 0.2) is 30.5 Å². The average molecular weight is 239 g/mol. The van der Waals surface area contributed by atoms with Crippen molar-refractivity contribution in [2.24, 2.45) is 0 Å². The van der Waals surface area contributed by atoms with Gasteiger partial charge < -0.3 is 0 Å². The lowest BCUT2D eigenvalue weighted by Crippen LogP contribution is -2.03. The standard InChI is InChI=1S/C11H8F3N3/c12-11(13,14)9-4-1-8(2-5-9)3-6-10-7-15-17-16-10/h1-7H,(H,15,16,17). The molecule has 0 atom stereocenters. The lowest BCUT2D eigenvalue weighted by atomic mass is 10.1. The predicted molar refractivity (Wildman–Crippen MR) is 56.8 cm³/mol. The molecule has 2 rings (SSSR count). The second kappa shape index (κ2) is 4.40. The molecular weight excluding hydrogens is 231 g/mol. The van der Waals surface area contributed by atoms with Gasteiger partial charge in [0.1, 0.15) is 5.69 Å². The van der Waals surface area contributed by atoms with E-state index < -0.39 is 11.7 Å². The van der Waals surface area contributed by atoms with Gasteiger partial charge in [-0.25, -0.2) is 0 Å². The zero-order chi connectivity index (χ0) is 12.3. The number of H-pyrrole nitrogens is 1. The zero-order valence-corrected chi connectivity index (χ0v) is 8.57. The van der Waals surface area contributed by atoms with E-state index in [-0.39, 0.29) is 0 Å². The fourth-order valence-corrected chi connectivity index (χ4v) is 1.26. The number of nitrogens with zero attached hydrogens (tertiary/aromatic N) is 2. The summed E-state index contributed by atoms with van der Waals surface area (Å²) in [6, 6.07) is 4.89. The predicted octanol–water partition coefficient (Wildman–Crippen LogP) is 2.99. The molecule has 0 amide bonds. The van der Waals surface area contributed by atoms with Gasteiger partial charge in [0.15, 0.2) is 0 Å². The van der Waals surface area contributed by atoms with Crippen molar-refractivity contribution < 1.29 is 13.2 Å². The van der Waals surface area contributed by atoms with Gasteiger partial charge >= 0.3 is 6.18 Å². The van der Waals surface area contributed by atoms with Crippen LogP contribution in [0.1, 0.15) is 16.8 Å². The van der Waals surface area contributed by atoms with Crippen LogP contribution in [0.4, 0.5) is 13.2 Å². The van der Waals surface area contributed by atoms with E-state index in [1.54, 1.807) is 12.2 Å². The highest BCUT2D eigenvalue weighted by Gasteiger charge is 2.29. The molecule has 1 N–H and O–H groups in total. The van der Waals surface area contributed by atoms with Gasteiger partial charge in [-0.15, -0.1) is 0 Å². The maximum absolute atomic E-state index is 12.3. The van der Waals surface area contributed by atoms with Crippen LogP contribution in [0.25, 0.3) is 12.2 Å². The molecule has 17 heavy (non-hydrogen) atoms. The third kappa shape index (κ3) is 2.93. The van der Waals surface area contributed by atoms with E-state index in [9.17, 15) is 13.2 Å². The Morgan fingerprint density at radius 1 is 1.06 bits per heavy atom. The van der Waals surface area contributed by atoms with Crippen molar-refractivity contribution >= 4 is 12.2 Å². The molecule has 0 fully saturated rings. The molecule has 6 heteroatoms. The molecule has 1 heterocycles. The average Bonchev–Trinajstić information content (AvgIpc) is 2.78. The van der Waals surface area contributed by atoms with E-state index in [0.717, 1.165) is 12.1 Å². The monoisotopic (exact) mass is 239 g/mol. The third-order valence-electron chi connectivity index (χ3n) is 2.12. The number of alkyl halides is 3. The summed E-state index contributed by atoms with van der Waals surface area (Å²) in [6.07, 6.45) is 0.541. The quantitative estimate of drug-likeness (QED) is 0.875. The molecule has 0 radical (unpaired) electrons. The van der Waals surface area contributed by atoms with Crippen molar-refractivity contribution in [2.75, 3.05) is 0 Å². The van der Waals surface area contributed by atoms with E-state index in [0.29, 0.717) is 11.3 Å². The van der Waals surface area contributed by atoms with Gasteiger partial charge in [0, 0.05) is 0 Å². The molecule has 3 nitrogen and oxygen atoms in total. The molecule has 0 aliphatic carbocycles. The molecular formula is C11H8F3N3. The maximum Gasteiger partial charge on any atom is 0.416 e. The first-order valence-corrected chi connectivity index (χ1v) is 4.77. The van der Waals surface area contributed by atoms with Crippen LogP contribution in [0.5, 0.6) is 0 Å². The fraction of sp³-hybridized carbons (Fsp3) is 0.0909. The molecule has 0 saturated heterocycles. The first-order chi connectivity index (χ1) is 8.05. The number of aromatic amines is 1. The molecule has 1 aromatic carbocycles. The summed E-state index contributed by atoms with van der Waals surface area (Å²) in [4.78, 5) is 0. The Hall–Kier alpha value is -2.11. The second-order valence-corrected chi connectivity index (χ2v) is 3.35. The van der Waals surface area contributed by atoms with Crippen molar-refractivity contribution in [1.82, 2.24) is 15.4 Å². The van der Waals surface area contributed by atoms with E-state index in [1.807, 2.05) is 0 Å². The molecule has 0 unspecified atom stereocenters. The van der Waals surface area contributed by atoms with Crippen molar-refractivity contribution in [3.63, 3.8) is 0 Å². The van der Waals surface area contributed by atoms with E-state index >= 15 is 0 Å². The van der Waals surface area contributed by atoms with Gasteiger partial charge in [0.2, 0.25) is 0 Å². The lowest BCUT2D eigenvalue weighted by Gasteiger charge is -2.05. The third-order valence-corrected chi connectivity index (χ3v) is 2.12. The molecule has 0 bridgehead atoms. The van der Waals surface area contributed by atoms with Crippen LogP contribution >= 0.6 is 0 Å². The summed E-state index contributed by atoms with van der Waals surface area (Å²) < 4.78 is 36.9. The van der Waals surface area contributed by atoms with Crippen molar-refractivity contribution in [2.45, 2.75) is 6.18 Å². The summed E-state index contributed by atoms with van der Waals surface area (Å²) in [5.41, 5.74) is 0.627. The van der Waals surface area contributed by atoms with Crippen molar-refractivity contribution in [3.8, 4) is 0 Å². The minimum absolute atomic E-state index is 0.616. The normalized spacial score (nSPS) is 12.2. The number of aromatic nitrogens is 3. The van der Waals surface area contributed by atoms with E-state index in [1.165, 1.54) is 18.3 Å². The summed E-state index contributed by atoms with van der Waals surface area (Å²) in [6.45, 7) is 0. The summed E-state index contributed by atoms with van der Waals surface area (Å²) in [5, 5.41) is 9.82. The molecule has 0 aliphatic rings. The Balaban J connectivity index is 2.14. The molecule has 0 spiro atoms. The first-order valence-electron chi connectivity index (χ1n) is 4.77. The van der Waals surface area contributed by atoms with Gasteiger partial charge in [0.05, 0.1) is 11.8 Å². The SMILES string of the molecule is FC(F)(F)c1ccc(C=Cc2cn[nH]n2)cc1. The zero-order valence-electron chi connectivity index (χ0n) is 8.57. The van der Waals surface area contributed by atoms with E-state index in [4.69, 9.17) is 0 Å². The van der Waals surface area contributed by atoms with Crippen LogP contribution < -0.4 is 0 Å². The first kappa shape index (κ1) is 11.4. The Morgan fingerprint density at radius 2 is 1.76 bits per heavy atom. The molecule has 88 valence electrons. The summed E-state index contributed by atoms with van der Waals surface area (Å²) in [7, 11) is 0. The Bertz CT molecular complexity index is 498. The Kier molecular flexibility index (Phi) is 2.95. The number of hydrogen-bond donors (Lipinski definition) is 1. The molecule has 0 saturated carbocycles. The lowest BCUT2D eigenvalue weighted by molar-refractivity contribution is -0.137. The topological polar surface area (TPSA) is 41.6 Å². The van der Waals surface area contributed by atoms with Crippen LogP contribution in [0.2, 0.25) is 0 Å². The Labute approximate surface area is 95.0 Å². The molecule has 2 aromatic rings. The van der Waals surface area contributed by atoms with Crippen LogP contribution in [-0.2, 0) is 6.18 Å². The maximum atomic E-state index is 12.3. The van der Waals surface area contributed by atoms with Gasteiger partial charge in [-0.3, -0.25) is 0 Å². The number of rotatable bonds is 2. The minimum atomic E-state index is -4.30.